The van der Waals surface area contributed by atoms with Gasteiger partial charge in [-0.3, -0.25) is 0 Å². The number of methoxy groups -OCH3 is 1. The van der Waals surface area contributed by atoms with E-state index in [1.165, 1.54) is 13.2 Å². The van der Waals surface area contributed by atoms with Gasteiger partial charge in [-0.2, -0.15) is 0 Å². The Morgan fingerprint density at radius 1 is 1.50 bits per heavy atom. The summed E-state index contributed by atoms with van der Waals surface area (Å²) in [7, 11) is 1.44. The van der Waals surface area contributed by atoms with E-state index in [0.717, 1.165) is 11.0 Å². The topological polar surface area (TPSA) is 41.9 Å². The van der Waals surface area contributed by atoms with E-state index in [1.807, 2.05) is 0 Å². The number of likely N-dealkylation sites (N-methyl/N-ethyl adjacent to an activating group) is 1. The molecule has 1 N–H and O–H groups in total. The van der Waals surface area contributed by atoms with Crippen molar-refractivity contribution in [2.24, 2.45) is 5.89 Å². The van der Waals surface area contributed by atoms with Crippen molar-refractivity contribution in [3.05, 3.63) is 35.4 Å². The zero-order chi connectivity index (χ0) is 21.3. The number of ether oxygens (including phenoxy) is 2. The number of aliphatic hydroxyl groups is 1. The number of benzene rings is 1. The van der Waals surface area contributed by atoms with Gasteiger partial charge in [-0.15, -0.1) is 0 Å². The highest BCUT2D eigenvalue weighted by Gasteiger charge is 2.64. The lowest BCUT2D eigenvalue weighted by Crippen LogP contribution is -2.64. The molecule has 4 aliphatic rings. The van der Waals surface area contributed by atoms with Crippen molar-refractivity contribution in [2.75, 3.05) is 20.6 Å². The molecule has 1 fully saturated rings. The summed E-state index contributed by atoms with van der Waals surface area (Å²) in [5.41, 5.74) is -0.551. The first-order valence-electron chi connectivity index (χ1n) is 10.9. The SMILES string of the molecule is [2H]C([2H])([2H])N1CC[C@]23c4c5ccc(OC)c4OC2([2H])C([2H])(O)C=C[C@@]3([2H])[C@@]1([2H])C5. The lowest BCUT2D eigenvalue weighted by Gasteiger charge is -2.56. The van der Waals surface area contributed by atoms with Crippen LogP contribution in [0.25, 0.3) is 0 Å². The van der Waals surface area contributed by atoms with Crippen LogP contribution in [0.3, 0.4) is 0 Å². The molecule has 0 saturated carbocycles. The van der Waals surface area contributed by atoms with E-state index in [1.54, 1.807) is 12.1 Å². The van der Waals surface area contributed by atoms with Gasteiger partial charge in [0.25, 0.3) is 0 Å². The third-order valence-electron chi connectivity index (χ3n) is 5.25. The van der Waals surface area contributed by atoms with E-state index in [4.69, 9.17) is 16.3 Å². The molecule has 1 saturated heterocycles. The van der Waals surface area contributed by atoms with Crippen molar-refractivity contribution in [3.63, 3.8) is 0 Å². The van der Waals surface area contributed by atoms with Crippen LogP contribution in [-0.2, 0) is 11.8 Å². The quantitative estimate of drug-likeness (QED) is 0.799. The molecule has 5 atom stereocenters. The maximum absolute atomic E-state index is 10.9. The molecular weight excluding hydrogens is 278 g/mol. The number of rotatable bonds is 1. The van der Waals surface area contributed by atoms with Crippen molar-refractivity contribution in [2.45, 2.75) is 36.4 Å². The van der Waals surface area contributed by atoms with Crippen LogP contribution in [0.1, 0.15) is 27.1 Å². The van der Waals surface area contributed by atoms with Gasteiger partial charge in [0.15, 0.2) is 11.5 Å². The Hall–Kier alpha value is -1.52. The summed E-state index contributed by atoms with van der Waals surface area (Å²) < 4.78 is 71.4. The van der Waals surface area contributed by atoms with Crippen LogP contribution in [0.5, 0.6) is 11.5 Å². The van der Waals surface area contributed by atoms with Crippen LogP contribution >= 0.6 is 0 Å². The Kier molecular flexibility index (Phi) is 1.45. The van der Waals surface area contributed by atoms with Crippen LogP contribution in [0, 0.1) is 5.89 Å². The molecule has 1 aromatic carbocycles. The monoisotopic (exact) mass is 306 g/mol. The van der Waals surface area contributed by atoms with Gasteiger partial charge in [0, 0.05) is 29.7 Å². The lowest BCUT2D eigenvalue weighted by molar-refractivity contribution is -0.0453. The van der Waals surface area contributed by atoms with E-state index < -0.39 is 36.5 Å². The minimum Gasteiger partial charge on any atom is -0.493 e. The third kappa shape index (κ3) is 1.28. The highest BCUT2D eigenvalue weighted by molar-refractivity contribution is 5.62. The first-order valence-corrected chi connectivity index (χ1v) is 7.39. The maximum Gasteiger partial charge on any atom is 0.165 e. The van der Waals surface area contributed by atoms with E-state index in [-0.39, 0.29) is 25.1 Å². The molecule has 22 heavy (non-hydrogen) atoms. The molecule has 2 aliphatic carbocycles. The molecule has 116 valence electrons. The zero-order valence-corrected chi connectivity index (χ0v) is 12.1. The second-order valence-corrected chi connectivity index (χ2v) is 6.12. The molecule has 2 heterocycles. The van der Waals surface area contributed by atoms with Crippen LogP contribution in [0.15, 0.2) is 24.3 Å². The molecule has 0 radical (unpaired) electrons. The lowest BCUT2D eigenvalue weighted by atomic mass is 9.53. The average Bonchev–Trinajstić information content (AvgIpc) is 2.88. The molecule has 1 spiro atoms. The first-order chi connectivity index (χ1) is 13.3. The molecule has 4 heteroatoms. The smallest absolute Gasteiger partial charge is 0.165 e. The van der Waals surface area contributed by atoms with Gasteiger partial charge < -0.3 is 19.5 Å². The molecule has 5 rings (SSSR count). The van der Waals surface area contributed by atoms with Crippen LogP contribution in [0.2, 0.25) is 0 Å². The van der Waals surface area contributed by atoms with Gasteiger partial charge in [0.05, 0.1) is 9.85 Å². The van der Waals surface area contributed by atoms with E-state index >= 15 is 0 Å². The first kappa shape index (κ1) is 7.84. The molecular formula is C18H21NO3. The Morgan fingerprint density at radius 3 is 3.23 bits per heavy atom. The van der Waals surface area contributed by atoms with Crippen molar-refractivity contribution in [1.82, 2.24) is 4.90 Å². The Balaban J connectivity index is 1.92. The second kappa shape index (κ2) is 4.06. The van der Waals surface area contributed by atoms with Gasteiger partial charge in [0.2, 0.25) is 0 Å². The zero-order valence-electron chi connectivity index (χ0n) is 19.1. The predicted molar refractivity (Wildman–Crippen MR) is 82.5 cm³/mol. The highest BCUT2D eigenvalue weighted by atomic mass is 16.5. The minimum absolute atomic E-state index is 0.0300. The molecule has 2 aliphatic heterocycles. The molecule has 0 amide bonds. The van der Waals surface area contributed by atoms with Crippen LogP contribution < -0.4 is 9.47 Å². The van der Waals surface area contributed by atoms with Crippen molar-refractivity contribution in [1.29, 1.82) is 0 Å². The standard InChI is InChI=1S/C18H21NO3/c1-19-8-7-18-11-4-5-13(20)17(18)22-16-14(21-2)6-3-10(15(16)18)9-12(11)19/h3-6,11-13,17,20H,7-9H2,1-2H3/t11-,12+,13?,17?,18-/m0/s1/i1D3,11D,12D,13D,17D. The van der Waals surface area contributed by atoms with Gasteiger partial charge in [-0.1, -0.05) is 18.2 Å². The van der Waals surface area contributed by atoms with Gasteiger partial charge in [-0.25, -0.2) is 0 Å². The molecule has 1 aromatic rings. The summed E-state index contributed by atoms with van der Waals surface area (Å²) in [5, 5.41) is 10.9. The van der Waals surface area contributed by atoms with Gasteiger partial charge >= 0.3 is 0 Å². The van der Waals surface area contributed by atoms with E-state index in [2.05, 4.69) is 0 Å². The van der Waals surface area contributed by atoms with Gasteiger partial charge in [-0.05, 0) is 38.0 Å². The number of hydrogen-bond donors (Lipinski definition) is 1. The Bertz CT molecular complexity index is 966. The summed E-state index contributed by atoms with van der Waals surface area (Å²) >= 11 is 0. The summed E-state index contributed by atoms with van der Waals surface area (Å²) in [6, 6.07) is 1.36. The predicted octanol–water partition coefficient (Wildman–Crippen LogP) is 1.50. The Morgan fingerprint density at radius 2 is 2.41 bits per heavy atom. The average molecular weight is 306 g/mol. The van der Waals surface area contributed by atoms with E-state index in [0.29, 0.717) is 16.9 Å². The minimum atomic E-state index is -2.61. The van der Waals surface area contributed by atoms with Crippen molar-refractivity contribution >= 4 is 0 Å². The van der Waals surface area contributed by atoms with Crippen molar-refractivity contribution < 1.29 is 24.2 Å². The maximum atomic E-state index is 10.9. The highest BCUT2D eigenvalue weighted by Crippen LogP contribution is 2.62. The molecule has 0 aromatic heterocycles. The summed E-state index contributed by atoms with van der Waals surface area (Å²) in [6.07, 6.45) is -2.71. The summed E-state index contributed by atoms with van der Waals surface area (Å²) in [6.45, 7) is -2.71. The molecule has 2 bridgehead atoms. The number of piperidine rings is 1. The summed E-state index contributed by atoms with van der Waals surface area (Å²) in [5.74, 6) is -1.44. The fraction of sp³-hybridized carbons (Fsp3) is 0.556. The van der Waals surface area contributed by atoms with Gasteiger partial charge in [0.1, 0.15) is 12.2 Å². The third-order valence-corrected chi connectivity index (χ3v) is 5.25. The fourth-order valence-corrected chi connectivity index (χ4v) is 4.34. The number of likely N-dealkylation sites (tertiary alicyclic amines) is 1. The van der Waals surface area contributed by atoms with Crippen molar-refractivity contribution in [3.8, 4) is 11.5 Å². The molecule has 2 unspecified atom stereocenters. The summed E-state index contributed by atoms with van der Waals surface area (Å²) in [4.78, 5) is 1.03. The van der Waals surface area contributed by atoms with Crippen LogP contribution in [-0.4, -0.2) is 48.8 Å². The second-order valence-electron chi connectivity index (χ2n) is 6.12. The normalized spacial score (nSPS) is 59.6. The molecule has 4 nitrogen and oxygen atoms in total. The van der Waals surface area contributed by atoms with Crippen LogP contribution in [0.4, 0.5) is 0 Å². The number of hydrogen-bond acceptors (Lipinski definition) is 4. The largest absolute Gasteiger partial charge is 0.493 e. The van der Waals surface area contributed by atoms with E-state index in [9.17, 15) is 7.85 Å². The fourth-order valence-electron chi connectivity index (χ4n) is 4.34. The number of nitrogens with zero attached hydrogens (tertiary/aromatic N) is 1. The Labute approximate surface area is 140 Å².